The van der Waals surface area contributed by atoms with Crippen molar-refractivity contribution in [3.8, 4) is 0 Å². The second-order valence-electron chi connectivity index (χ2n) is 7.17. The van der Waals surface area contributed by atoms with Crippen LogP contribution in [0.15, 0.2) is 5.16 Å². The summed E-state index contributed by atoms with van der Waals surface area (Å²) in [7, 11) is 0. The third-order valence-electron chi connectivity index (χ3n) is 3.85. The lowest BCUT2D eigenvalue weighted by Crippen LogP contribution is -2.51. The SMILES string of the molecule is CC(C)(C)OC1OC1N1C(C2CC(Br)=NO2)COC1(C)C. The van der Waals surface area contributed by atoms with Gasteiger partial charge >= 0.3 is 0 Å². The lowest BCUT2D eigenvalue weighted by Gasteiger charge is -2.33. The number of rotatable bonds is 3. The molecule has 0 radical (unpaired) electrons. The quantitative estimate of drug-likeness (QED) is 0.721. The summed E-state index contributed by atoms with van der Waals surface area (Å²) in [6.07, 6.45) is 0.451. The smallest absolute Gasteiger partial charge is 0.200 e. The summed E-state index contributed by atoms with van der Waals surface area (Å²) in [6, 6.07) is 0.109. The van der Waals surface area contributed by atoms with Gasteiger partial charge < -0.3 is 19.0 Å². The number of hydrogen-bond acceptors (Lipinski definition) is 6. The van der Waals surface area contributed by atoms with Crippen molar-refractivity contribution in [3.05, 3.63) is 0 Å². The molecule has 21 heavy (non-hydrogen) atoms. The fraction of sp³-hybridized carbons (Fsp3) is 0.929. The van der Waals surface area contributed by atoms with Gasteiger partial charge in [-0.3, -0.25) is 0 Å². The molecule has 2 fully saturated rings. The van der Waals surface area contributed by atoms with Crippen LogP contribution in [0.3, 0.4) is 0 Å². The molecule has 2 saturated heterocycles. The number of hydrogen-bond donors (Lipinski definition) is 0. The largest absolute Gasteiger partial charge is 0.390 e. The molecule has 120 valence electrons. The van der Waals surface area contributed by atoms with Crippen LogP contribution < -0.4 is 0 Å². The molecule has 0 saturated carbocycles. The maximum absolute atomic E-state index is 5.94. The Morgan fingerprint density at radius 1 is 1.38 bits per heavy atom. The summed E-state index contributed by atoms with van der Waals surface area (Å²) in [6.45, 7) is 10.8. The number of epoxide rings is 1. The van der Waals surface area contributed by atoms with E-state index < -0.39 is 5.72 Å². The van der Waals surface area contributed by atoms with Crippen LogP contribution in [0.25, 0.3) is 0 Å². The zero-order valence-electron chi connectivity index (χ0n) is 13.1. The highest BCUT2D eigenvalue weighted by molar-refractivity contribution is 9.18. The van der Waals surface area contributed by atoms with Crippen LogP contribution >= 0.6 is 15.9 Å². The van der Waals surface area contributed by atoms with Gasteiger partial charge in [0.25, 0.3) is 0 Å². The molecular weight excluding hydrogens is 340 g/mol. The highest BCUT2D eigenvalue weighted by Gasteiger charge is 2.59. The molecule has 3 heterocycles. The minimum Gasteiger partial charge on any atom is -0.390 e. The molecule has 0 aliphatic carbocycles. The highest BCUT2D eigenvalue weighted by Crippen LogP contribution is 2.42. The fourth-order valence-corrected chi connectivity index (χ4v) is 3.32. The van der Waals surface area contributed by atoms with E-state index in [1.807, 2.05) is 34.6 Å². The molecule has 0 bridgehead atoms. The number of nitrogens with zero attached hydrogens (tertiary/aromatic N) is 2. The van der Waals surface area contributed by atoms with E-state index in [0.29, 0.717) is 6.61 Å². The Hall–Kier alpha value is -0.210. The van der Waals surface area contributed by atoms with Crippen LogP contribution in [0, 0.1) is 0 Å². The predicted octanol–water partition coefficient (Wildman–Crippen LogP) is 2.42. The van der Waals surface area contributed by atoms with Gasteiger partial charge in [0.05, 0.1) is 18.2 Å². The van der Waals surface area contributed by atoms with E-state index in [1.165, 1.54) is 0 Å². The standard InChI is InChI=1S/C14H23BrN2O4/c1-13(2,3)20-12-11(19-12)17-8(7-18-14(17,4)5)9-6-10(15)16-21-9/h8-9,11-12H,6-7H2,1-5H3. The molecule has 6 nitrogen and oxygen atoms in total. The van der Waals surface area contributed by atoms with Crippen molar-refractivity contribution in [2.24, 2.45) is 5.16 Å². The zero-order chi connectivity index (χ0) is 15.4. The average molecular weight is 363 g/mol. The van der Waals surface area contributed by atoms with Gasteiger partial charge in [-0.2, -0.15) is 0 Å². The van der Waals surface area contributed by atoms with Crippen molar-refractivity contribution in [2.75, 3.05) is 6.61 Å². The summed E-state index contributed by atoms with van der Waals surface area (Å²) < 4.78 is 18.4. The zero-order valence-corrected chi connectivity index (χ0v) is 14.7. The Labute approximate surface area is 133 Å². The Morgan fingerprint density at radius 3 is 2.67 bits per heavy atom. The first kappa shape index (κ1) is 15.7. The molecule has 0 amide bonds. The molecule has 0 aromatic heterocycles. The minimum absolute atomic E-state index is 0.0133. The van der Waals surface area contributed by atoms with Crippen LogP contribution in [-0.4, -0.2) is 52.1 Å². The van der Waals surface area contributed by atoms with Gasteiger partial charge in [-0.1, -0.05) is 5.16 Å². The number of ether oxygens (including phenoxy) is 3. The van der Waals surface area contributed by atoms with Crippen LogP contribution in [0.2, 0.25) is 0 Å². The lowest BCUT2D eigenvalue weighted by atomic mass is 10.1. The van der Waals surface area contributed by atoms with E-state index in [9.17, 15) is 0 Å². The molecule has 3 rings (SSSR count). The first-order chi connectivity index (χ1) is 9.67. The van der Waals surface area contributed by atoms with Crippen LogP contribution in [0.4, 0.5) is 0 Å². The summed E-state index contributed by atoms with van der Waals surface area (Å²) in [5, 5.41) is 3.98. The molecular formula is C14H23BrN2O4. The Morgan fingerprint density at radius 2 is 2.10 bits per heavy atom. The first-order valence-electron chi connectivity index (χ1n) is 7.31. The van der Waals surface area contributed by atoms with Gasteiger partial charge in [0.1, 0.15) is 10.3 Å². The van der Waals surface area contributed by atoms with Crippen LogP contribution in [0.5, 0.6) is 0 Å². The van der Waals surface area contributed by atoms with Crippen molar-refractivity contribution in [1.29, 1.82) is 0 Å². The van der Waals surface area contributed by atoms with Gasteiger partial charge in [0, 0.05) is 6.42 Å². The molecule has 3 aliphatic rings. The Balaban J connectivity index is 1.69. The monoisotopic (exact) mass is 362 g/mol. The van der Waals surface area contributed by atoms with Crippen LogP contribution in [0.1, 0.15) is 41.0 Å². The predicted molar refractivity (Wildman–Crippen MR) is 81.0 cm³/mol. The molecule has 4 atom stereocenters. The normalized spacial score (nSPS) is 39.2. The van der Waals surface area contributed by atoms with Gasteiger partial charge in [0.15, 0.2) is 18.6 Å². The molecule has 7 heteroatoms. The van der Waals surface area contributed by atoms with E-state index in [4.69, 9.17) is 19.0 Å². The van der Waals surface area contributed by atoms with E-state index in [1.54, 1.807) is 0 Å². The van der Waals surface area contributed by atoms with Crippen molar-refractivity contribution < 1.29 is 19.0 Å². The van der Waals surface area contributed by atoms with Crippen molar-refractivity contribution in [1.82, 2.24) is 4.90 Å². The Kier molecular flexibility index (Phi) is 3.85. The van der Waals surface area contributed by atoms with E-state index in [2.05, 4.69) is 26.0 Å². The summed E-state index contributed by atoms with van der Waals surface area (Å²) in [5.41, 5.74) is -0.626. The van der Waals surface area contributed by atoms with E-state index in [-0.39, 0.29) is 30.3 Å². The fourth-order valence-electron chi connectivity index (χ4n) is 2.92. The van der Waals surface area contributed by atoms with E-state index >= 15 is 0 Å². The maximum Gasteiger partial charge on any atom is 0.200 e. The summed E-state index contributed by atoms with van der Waals surface area (Å²) in [4.78, 5) is 7.73. The lowest BCUT2D eigenvalue weighted by molar-refractivity contribution is -0.0882. The minimum atomic E-state index is -0.399. The number of halogens is 1. The van der Waals surface area contributed by atoms with Crippen molar-refractivity contribution in [2.45, 2.75) is 77.0 Å². The molecule has 3 aliphatic heterocycles. The highest BCUT2D eigenvalue weighted by atomic mass is 79.9. The van der Waals surface area contributed by atoms with E-state index in [0.717, 1.165) is 11.0 Å². The molecule has 0 aromatic carbocycles. The Bertz CT molecular complexity index is 449. The third-order valence-corrected chi connectivity index (χ3v) is 4.31. The van der Waals surface area contributed by atoms with Crippen molar-refractivity contribution >= 4 is 20.6 Å². The molecule has 0 spiro atoms. The second kappa shape index (κ2) is 5.16. The molecule has 0 N–H and O–H groups in total. The van der Waals surface area contributed by atoms with Gasteiger partial charge in [0.2, 0.25) is 0 Å². The van der Waals surface area contributed by atoms with Gasteiger partial charge in [-0.15, -0.1) is 0 Å². The molecule has 0 aromatic rings. The second-order valence-corrected chi connectivity index (χ2v) is 8.09. The maximum atomic E-state index is 5.94. The summed E-state index contributed by atoms with van der Waals surface area (Å²) in [5.74, 6) is 0. The van der Waals surface area contributed by atoms with Crippen LogP contribution in [-0.2, 0) is 19.0 Å². The topological polar surface area (TPSA) is 55.8 Å². The van der Waals surface area contributed by atoms with Crippen molar-refractivity contribution in [3.63, 3.8) is 0 Å². The first-order valence-corrected chi connectivity index (χ1v) is 8.10. The summed E-state index contributed by atoms with van der Waals surface area (Å²) >= 11 is 3.39. The average Bonchev–Trinajstić information content (AvgIpc) is 2.77. The third kappa shape index (κ3) is 3.27. The van der Waals surface area contributed by atoms with Gasteiger partial charge in [-0.05, 0) is 50.5 Å². The molecule has 4 unspecified atom stereocenters. The number of oxime groups is 1. The van der Waals surface area contributed by atoms with Gasteiger partial charge in [-0.25, -0.2) is 4.90 Å².